The van der Waals surface area contributed by atoms with Crippen LogP contribution in [0, 0.1) is 0 Å². The fourth-order valence-corrected chi connectivity index (χ4v) is 4.92. The first kappa shape index (κ1) is 19.1. The van der Waals surface area contributed by atoms with Gasteiger partial charge in [0.2, 0.25) is 0 Å². The minimum Gasteiger partial charge on any atom is -0.381 e. The second-order valence-corrected chi connectivity index (χ2v) is 9.16. The van der Waals surface area contributed by atoms with Gasteiger partial charge in [0.05, 0.1) is 38.2 Å². The zero-order valence-corrected chi connectivity index (χ0v) is 17.3. The molecule has 5 heteroatoms. The summed E-state index contributed by atoms with van der Waals surface area (Å²) in [6.45, 7) is 2.72. The van der Waals surface area contributed by atoms with Crippen molar-refractivity contribution in [3.05, 3.63) is 65.0 Å². The Balaban J connectivity index is 1.40. The van der Waals surface area contributed by atoms with Crippen molar-refractivity contribution in [1.29, 1.82) is 0 Å². The number of rotatable bonds is 5. The first-order valence-corrected chi connectivity index (χ1v) is 10.6. The largest absolute Gasteiger partial charge is 0.381 e. The molecule has 1 N–H and O–H groups in total. The van der Waals surface area contributed by atoms with Crippen LogP contribution in [0.1, 0.15) is 28.1 Å². The topological polar surface area (TPSA) is 38.3 Å². The standard InChI is InChI=1S/C23H26N2O2S/c1-25(2,20-11-13-27-14-12-20)16-17-7-9-19(10-8-17)24-23(26)22-15-18-5-3-4-6-21(18)28-22/h3-10,15,20H,11-14,16H2,1-2H3/p+1. The number of thiophene rings is 1. The summed E-state index contributed by atoms with van der Waals surface area (Å²) in [5.41, 5.74) is 2.12. The summed E-state index contributed by atoms with van der Waals surface area (Å²) < 4.78 is 7.61. The van der Waals surface area contributed by atoms with Gasteiger partial charge in [0.25, 0.3) is 5.91 Å². The molecule has 0 saturated carbocycles. The molecule has 4 nitrogen and oxygen atoms in total. The lowest BCUT2D eigenvalue weighted by Gasteiger charge is -2.40. The van der Waals surface area contributed by atoms with Crippen molar-refractivity contribution in [1.82, 2.24) is 0 Å². The van der Waals surface area contributed by atoms with Crippen LogP contribution >= 0.6 is 11.3 Å². The number of benzene rings is 2. The Morgan fingerprint density at radius 1 is 1.11 bits per heavy atom. The molecule has 146 valence electrons. The molecule has 0 radical (unpaired) electrons. The normalized spacial score (nSPS) is 15.6. The predicted octanol–water partition coefficient (Wildman–Crippen LogP) is 4.91. The summed E-state index contributed by atoms with van der Waals surface area (Å²) >= 11 is 1.53. The quantitative estimate of drug-likeness (QED) is 0.624. The Labute approximate surface area is 170 Å². The molecule has 1 aliphatic heterocycles. The molecule has 1 aromatic heterocycles. The number of nitrogens with one attached hydrogen (secondary N) is 1. The second kappa shape index (κ2) is 8.03. The van der Waals surface area contributed by atoms with Gasteiger partial charge in [-0.2, -0.15) is 0 Å². The smallest absolute Gasteiger partial charge is 0.265 e. The highest BCUT2D eigenvalue weighted by atomic mass is 32.1. The maximum atomic E-state index is 12.6. The molecule has 2 aromatic carbocycles. The molecule has 3 aromatic rings. The molecular formula is C23H27N2O2S+. The summed E-state index contributed by atoms with van der Waals surface area (Å²) in [5, 5.41) is 4.13. The van der Waals surface area contributed by atoms with Crippen molar-refractivity contribution in [2.24, 2.45) is 0 Å². The minimum atomic E-state index is -0.0488. The molecule has 0 atom stereocenters. The highest BCUT2D eigenvalue weighted by Crippen LogP contribution is 2.26. The molecule has 2 heterocycles. The number of hydrogen-bond acceptors (Lipinski definition) is 3. The van der Waals surface area contributed by atoms with E-state index in [1.807, 2.05) is 42.5 Å². The zero-order valence-electron chi connectivity index (χ0n) is 16.5. The van der Waals surface area contributed by atoms with Gasteiger partial charge in [0, 0.05) is 28.8 Å². The highest BCUT2D eigenvalue weighted by Gasteiger charge is 2.30. The molecule has 28 heavy (non-hydrogen) atoms. The number of carbonyl (C=O) groups is 1. The van der Waals surface area contributed by atoms with Crippen LogP contribution < -0.4 is 5.32 Å². The van der Waals surface area contributed by atoms with Gasteiger partial charge in [0.1, 0.15) is 6.54 Å². The maximum absolute atomic E-state index is 12.6. The number of ether oxygens (including phenoxy) is 1. The van der Waals surface area contributed by atoms with Crippen LogP contribution in [0.15, 0.2) is 54.6 Å². The Kier molecular flexibility index (Phi) is 5.49. The molecule has 1 aliphatic rings. The van der Waals surface area contributed by atoms with Gasteiger partial charge in [-0.15, -0.1) is 11.3 Å². The zero-order chi connectivity index (χ0) is 19.6. The predicted molar refractivity (Wildman–Crippen MR) is 116 cm³/mol. The number of anilines is 1. The summed E-state index contributed by atoms with van der Waals surface area (Å²) in [4.78, 5) is 13.3. The first-order chi connectivity index (χ1) is 13.5. The van der Waals surface area contributed by atoms with Gasteiger partial charge in [0.15, 0.2) is 0 Å². The van der Waals surface area contributed by atoms with E-state index in [0.717, 1.165) is 57.7 Å². The third-order valence-electron chi connectivity index (χ3n) is 5.63. The SMILES string of the molecule is C[N+](C)(Cc1ccc(NC(=O)c2cc3ccccc3s2)cc1)C1CCOCC1. The summed E-state index contributed by atoms with van der Waals surface area (Å²) in [5.74, 6) is -0.0488. The number of quaternary nitrogens is 1. The van der Waals surface area contributed by atoms with Crippen LogP contribution in [-0.2, 0) is 11.3 Å². The summed E-state index contributed by atoms with van der Waals surface area (Å²) in [6.07, 6.45) is 2.24. The average molecular weight is 396 g/mol. The van der Waals surface area contributed by atoms with Crippen LogP contribution in [0.2, 0.25) is 0 Å². The van der Waals surface area contributed by atoms with Crippen LogP contribution in [-0.4, -0.2) is 43.7 Å². The third-order valence-corrected chi connectivity index (χ3v) is 6.75. The lowest BCUT2D eigenvalue weighted by molar-refractivity contribution is -0.929. The first-order valence-electron chi connectivity index (χ1n) is 9.80. The monoisotopic (exact) mass is 395 g/mol. The highest BCUT2D eigenvalue weighted by molar-refractivity contribution is 7.20. The number of fused-ring (bicyclic) bond motifs is 1. The fraction of sp³-hybridized carbons (Fsp3) is 0.348. The molecule has 1 saturated heterocycles. The molecule has 1 amide bonds. The van der Waals surface area contributed by atoms with E-state index in [1.54, 1.807) is 0 Å². The molecule has 0 bridgehead atoms. The molecule has 0 aliphatic carbocycles. The molecule has 0 unspecified atom stereocenters. The van der Waals surface area contributed by atoms with Crippen molar-refractivity contribution in [2.75, 3.05) is 32.6 Å². The lowest BCUT2D eigenvalue weighted by Crippen LogP contribution is -2.50. The number of carbonyl (C=O) groups excluding carboxylic acids is 1. The van der Waals surface area contributed by atoms with Gasteiger partial charge in [-0.25, -0.2) is 0 Å². The number of hydrogen-bond donors (Lipinski definition) is 1. The summed E-state index contributed by atoms with van der Waals surface area (Å²) in [7, 11) is 4.60. The van der Waals surface area contributed by atoms with E-state index in [1.165, 1.54) is 16.9 Å². The van der Waals surface area contributed by atoms with Crippen LogP contribution in [0.25, 0.3) is 10.1 Å². The average Bonchev–Trinajstić information content (AvgIpc) is 3.14. The third kappa shape index (κ3) is 4.27. The van der Waals surface area contributed by atoms with Crippen molar-refractivity contribution in [3.8, 4) is 0 Å². The Morgan fingerprint density at radius 2 is 1.82 bits per heavy atom. The van der Waals surface area contributed by atoms with E-state index in [0.29, 0.717) is 6.04 Å². The summed E-state index contributed by atoms with van der Waals surface area (Å²) in [6, 6.07) is 18.9. The molecule has 1 fully saturated rings. The van der Waals surface area contributed by atoms with E-state index in [-0.39, 0.29) is 5.91 Å². The Morgan fingerprint density at radius 3 is 2.54 bits per heavy atom. The molecular weight excluding hydrogens is 368 g/mol. The Hall–Kier alpha value is -2.21. The van der Waals surface area contributed by atoms with Crippen molar-refractivity contribution in [2.45, 2.75) is 25.4 Å². The van der Waals surface area contributed by atoms with E-state index < -0.39 is 0 Å². The number of nitrogens with zero attached hydrogens (tertiary/aromatic N) is 1. The van der Waals surface area contributed by atoms with Crippen LogP contribution in [0.3, 0.4) is 0 Å². The van der Waals surface area contributed by atoms with E-state index >= 15 is 0 Å². The molecule has 4 rings (SSSR count). The second-order valence-electron chi connectivity index (χ2n) is 8.08. The van der Waals surface area contributed by atoms with Gasteiger partial charge >= 0.3 is 0 Å². The van der Waals surface area contributed by atoms with E-state index in [2.05, 4.69) is 31.5 Å². The van der Waals surface area contributed by atoms with Crippen LogP contribution in [0.4, 0.5) is 5.69 Å². The maximum Gasteiger partial charge on any atom is 0.265 e. The Bertz CT molecular complexity index is 923. The van der Waals surface area contributed by atoms with E-state index in [4.69, 9.17) is 4.74 Å². The van der Waals surface area contributed by atoms with E-state index in [9.17, 15) is 4.79 Å². The van der Waals surface area contributed by atoms with Gasteiger partial charge in [-0.3, -0.25) is 4.79 Å². The van der Waals surface area contributed by atoms with Crippen molar-refractivity contribution in [3.63, 3.8) is 0 Å². The van der Waals surface area contributed by atoms with Gasteiger partial charge in [-0.05, 0) is 29.7 Å². The fourth-order valence-electron chi connectivity index (χ4n) is 3.96. The van der Waals surface area contributed by atoms with Crippen molar-refractivity contribution >= 4 is 33.0 Å². The van der Waals surface area contributed by atoms with Gasteiger partial charge < -0.3 is 14.5 Å². The van der Waals surface area contributed by atoms with Crippen LogP contribution in [0.5, 0.6) is 0 Å². The van der Waals surface area contributed by atoms with Gasteiger partial charge in [-0.1, -0.05) is 30.3 Å². The van der Waals surface area contributed by atoms with Crippen molar-refractivity contribution < 1.29 is 14.0 Å². The minimum absolute atomic E-state index is 0.0488. The lowest BCUT2D eigenvalue weighted by atomic mass is 10.0. The molecule has 0 spiro atoms. The number of amides is 1.